The molecule has 0 heterocycles. The van der Waals surface area contributed by atoms with E-state index in [1.807, 2.05) is 19.9 Å². The predicted octanol–water partition coefficient (Wildman–Crippen LogP) is 4.04. The third-order valence-electron chi connectivity index (χ3n) is 5.33. The van der Waals surface area contributed by atoms with Crippen molar-refractivity contribution in [2.75, 3.05) is 6.61 Å². The van der Waals surface area contributed by atoms with Gasteiger partial charge in [-0.05, 0) is 70.4 Å². The molecule has 3 N–H and O–H groups in total. The van der Waals surface area contributed by atoms with Gasteiger partial charge in [0.1, 0.15) is 12.4 Å². The molecule has 8 heteroatoms. The molecule has 8 nitrogen and oxygen atoms in total. The van der Waals surface area contributed by atoms with Crippen molar-refractivity contribution in [2.45, 2.75) is 59.7 Å². The Hall–Kier alpha value is -3.65. The normalized spacial score (nSPS) is 12.0. The smallest absolute Gasteiger partial charge is 0.303 e. The van der Waals surface area contributed by atoms with Gasteiger partial charge in [-0.2, -0.15) is 0 Å². The molecule has 2 aromatic rings. The lowest BCUT2D eigenvalue weighted by Crippen LogP contribution is -2.43. The van der Waals surface area contributed by atoms with E-state index in [4.69, 9.17) is 9.47 Å². The summed E-state index contributed by atoms with van der Waals surface area (Å²) in [4.78, 5) is 36.8. The third kappa shape index (κ3) is 6.93. The summed E-state index contributed by atoms with van der Waals surface area (Å²) < 4.78 is 10.8. The van der Waals surface area contributed by atoms with E-state index in [-0.39, 0.29) is 34.8 Å². The average Bonchev–Trinajstić information content (AvgIpc) is 2.75. The lowest BCUT2D eigenvalue weighted by Gasteiger charge is -2.28. The first-order chi connectivity index (χ1) is 16.3. The first-order valence-corrected chi connectivity index (χ1v) is 11.1. The zero-order valence-electron chi connectivity index (χ0n) is 20.8. The lowest BCUT2D eigenvalue weighted by molar-refractivity contribution is -0.162. The van der Waals surface area contributed by atoms with E-state index in [1.165, 1.54) is 39.0 Å². The maximum absolute atomic E-state index is 13.6. The van der Waals surface area contributed by atoms with Gasteiger partial charge in [-0.3, -0.25) is 14.4 Å². The molecular formula is C27H32O8. The Balaban J connectivity index is 2.54. The van der Waals surface area contributed by atoms with Gasteiger partial charge in [0.2, 0.25) is 0 Å². The summed E-state index contributed by atoms with van der Waals surface area (Å²) in [6, 6.07) is 5.86. The summed E-state index contributed by atoms with van der Waals surface area (Å²) in [5.41, 5.74) is 0.355. The average molecular weight is 485 g/mol. The molecule has 188 valence electrons. The molecule has 1 atom stereocenters. The van der Waals surface area contributed by atoms with Crippen molar-refractivity contribution in [2.24, 2.45) is 0 Å². The number of carbonyl (C=O) groups is 3. The molecule has 2 aromatic carbocycles. The summed E-state index contributed by atoms with van der Waals surface area (Å²) in [6.07, 6.45) is 1.60. The van der Waals surface area contributed by atoms with Crippen molar-refractivity contribution in [3.05, 3.63) is 63.7 Å². The Morgan fingerprint density at radius 2 is 1.77 bits per heavy atom. The number of rotatable bonds is 10. The number of hydrogen-bond donors (Lipinski definition) is 3. The molecule has 0 bridgehead atoms. The molecule has 2 rings (SSSR count). The number of benzene rings is 2. The number of esters is 1. The van der Waals surface area contributed by atoms with Crippen LogP contribution in [-0.4, -0.2) is 51.7 Å². The minimum Gasteiger partial charge on any atom is -0.507 e. The summed E-state index contributed by atoms with van der Waals surface area (Å²) in [5, 5.41) is 31.4. The molecule has 0 fully saturated rings. The van der Waals surface area contributed by atoms with Gasteiger partial charge in [0, 0.05) is 12.5 Å². The molecule has 0 radical (unpaired) electrons. The predicted molar refractivity (Wildman–Crippen MR) is 130 cm³/mol. The number of ether oxygens (including phenoxy) is 2. The van der Waals surface area contributed by atoms with Crippen LogP contribution in [0.4, 0.5) is 0 Å². The van der Waals surface area contributed by atoms with Crippen molar-refractivity contribution in [3.8, 4) is 17.2 Å². The van der Waals surface area contributed by atoms with E-state index < -0.39 is 29.2 Å². The maximum atomic E-state index is 13.6. The Morgan fingerprint density at radius 3 is 2.31 bits per heavy atom. The third-order valence-corrected chi connectivity index (χ3v) is 5.33. The molecular weight excluding hydrogens is 452 g/mol. The van der Waals surface area contributed by atoms with Gasteiger partial charge in [0.05, 0.1) is 16.7 Å². The highest BCUT2D eigenvalue weighted by atomic mass is 16.6. The fourth-order valence-electron chi connectivity index (χ4n) is 3.44. The molecule has 35 heavy (non-hydrogen) atoms. The van der Waals surface area contributed by atoms with Crippen LogP contribution in [0.2, 0.25) is 0 Å². The van der Waals surface area contributed by atoms with Crippen LogP contribution >= 0.6 is 0 Å². The maximum Gasteiger partial charge on any atom is 0.303 e. The monoisotopic (exact) mass is 484 g/mol. The van der Waals surface area contributed by atoms with Gasteiger partial charge < -0.3 is 24.8 Å². The summed E-state index contributed by atoms with van der Waals surface area (Å²) in [6.45, 7) is 9.30. The van der Waals surface area contributed by atoms with E-state index in [0.29, 0.717) is 23.8 Å². The van der Waals surface area contributed by atoms with Crippen LogP contribution in [0.3, 0.4) is 0 Å². The van der Waals surface area contributed by atoms with Crippen LogP contribution in [0.5, 0.6) is 17.2 Å². The van der Waals surface area contributed by atoms with Crippen LogP contribution in [0, 0.1) is 6.92 Å². The van der Waals surface area contributed by atoms with Crippen LogP contribution in [0.1, 0.15) is 72.0 Å². The standard InChI is InChI=1S/C27H32O8/c1-15(2)7-8-18-9-10-21(30)20(13-28)24(18)26(32)19-11-16(3)12-22(25(19)31)34-14-23(27(5,6)33)35-17(4)29/h7,9-13,23,30-31,33H,8,14H2,1-6H3. The molecule has 0 aromatic heterocycles. The molecule has 0 aliphatic carbocycles. The van der Waals surface area contributed by atoms with Crippen LogP contribution in [0.15, 0.2) is 35.9 Å². The second kappa shape index (κ2) is 11.2. The number of phenolic OH excluding ortho intramolecular Hbond substituents is 2. The molecule has 0 aliphatic rings. The Labute approximate surface area is 204 Å². The van der Waals surface area contributed by atoms with E-state index >= 15 is 0 Å². The molecule has 0 spiro atoms. The lowest BCUT2D eigenvalue weighted by atomic mass is 9.90. The highest BCUT2D eigenvalue weighted by Crippen LogP contribution is 2.36. The number of aryl methyl sites for hydroxylation is 1. The first kappa shape index (κ1) is 27.6. The molecule has 0 aliphatic heterocycles. The summed E-state index contributed by atoms with van der Waals surface area (Å²) in [5.74, 6) is -2.16. The van der Waals surface area contributed by atoms with Crippen molar-refractivity contribution in [1.82, 2.24) is 0 Å². The number of hydrogen-bond acceptors (Lipinski definition) is 8. The number of aldehydes is 1. The number of phenols is 2. The van der Waals surface area contributed by atoms with Gasteiger partial charge in [-0.1, -0.05) is 17.7 Å². The fraction of sp³-hybridized carbons (Fsp3) is 0.370. The first-order valence-electron chi connectivity index (χ1n) is 11.1. The minimum absolute atomic E-state index is 0.0152. The van der Waals surface area contributed by atoms with E-state index in [0.717, 1.165) is 5.57 Å². The van der Waals surface area contributed by atoms with Gasteiger partial charge in [0.15, 0.2) is 29.7 Å². The van der Waals surface area contributed by atoms with Crippen LogP contribution in [-0.2, 0) is 16.0 Å². The highest BCUT2D eigenvalue weighted by Gasteiger charge is 2.31. The second-order valence-electron chi connectivity index (χ2n) is 9.19. The quantitative estimate of drug-likeness (QED) is 0.199. The zero-order chi connectivity index (χ0) is 26.5. The summed E-state index contributed by atoms with van der Waals surface area (Å²) in [7, 11) is 0. The zero-order valence-corrected chi connectivity index (χ0v) is 20.8. The Morgan fingerprint density at radius 1 is 1.11 bits per heavy atom. The molecule has 0 amide bonds. The second-order valence-corrected chi connectivity index (χ2v) is 9.19. The van der Waals surface area contributed by atoms with Gasteiger partial charge in [0.25, 0.3) is 0 Å². The van der Waals surface area contributed by atoms with E-state index in [1.54, 1.807) is 13.0 Å². The number of allylic oxidation sites excluding steroid dienone is 2. The number of carbonyl (C=O) groups excluding carboxylic acids is 3. The van der Waals surface area contributed by atoms with Gasteiger partial charge in [-0.25, -0.2) is 0 Å². The molecule has 0 saturated carbocycles. The van der Waals surface area contributed by atoms with Crippen molar-refractivity contribution in [3.63, 3.8) is 0 Å². The number of ketones is 1. The number of aliphatic hydroxyl groups is 1. The Kier molecular flexibility index (Phi) is 8.82. The van der Waals surface area contributed by atoms with Gasteiger partial charge in [-0.15, -0.1) is 0 Å². The van der Waals surface area contributed by atoms with E-state index in [9.17, 15) is 29.7 Å². The van der Waals surface area contributed by atoms with Gasteiger partial charge >= 0.3 is 5.97 Å². The molecule has 0 saturated heterocycles. The van der Waals surface area contributed by atoms with Crippen LogP contribution < -0.4 is 4.74 Å². The minimum atomic E-state index is -1.43. The van der Waals surface area contributed by atoms with Crippen molar-refractivity contribution in [1.29, 1.82) is 0 Å². The largest absolute Gasteiger partial charge is 0.507 e. The van der Waals surface area contributed by atoms with E-state index in [2.05, 4.69) is 0 Å². The fourth-order valence-corrected chi connectivity index (χ4v) is 3.44. The Bertz CT molecular complexity index is 1150. The SMILES string of the molecule is CC(=O)OC(COc1cc(C)cc(C(=O)c2c(CC=C(C)C)ccc(O)c2C=O)c1O)C(C)(C)O. The topological polar surface area (TPSA) is 130 Å². The summed E-state index contributed by atoms with van der Waals surface area (Å²) >= 11 is 0. The van der Waals surface area contributed by atoms with Crippen molar-refractivity contribution >= 4 is 18.0 Å². The highest BCUT2D eigenvalue weighted by molar-refractivity contribution is 6.16. The molecule has 1 unspecified atom stereocenters. The van der Waals surface area contributed by atoms with Crippen LogP contribution in [0.25, 0.3) is 0 Å². The van der Waals surface area contributed by atoms with Crippen molar-refractivity contribution < 1.29 is 39.2 Å². The number of aromatic hydroxyl groups is 2.